The van der Waals surface area contributed by atoms with Crippen LogP contribution in [0, 0.1) is 17.8 Å². The van der Waals surface area contributed by atoms with Gasteiger partial charge in [0.1, 0.15) is 5.56 Å². The zero-order valence-corrected chi connectivity index (χ0v) is 20.3. The fraction of sp³-hybridized carbons (Fsp3) is 0.519. The molecule has 0 aliphatic carbocycles. The second kappa shape index (κ2) is 10.7. The number of aromatic nitrogens is 1. The number of amides is 2. The molecule has 3 aliphatic heterocycles. The van der Waals surface area contributed by atoms with Crippen LogP contribution in [0.4, 0.5) is 0 Å². The molecule has 2 aromatic rings. The number of pyridine rings is 1. The van der Waals surface area contributed by atoms with Crippen molar-refractivity contribution in [2.24, 2.45) is 17.8 Å². The number of methoxy groups -OCH3 is 1. The van der Waals surface area contributed by atoms with E-state index in [1.165, 1.54) is 0 Å². The van der Waals surface area contributed by atoms with Crippen LogP contribution in [0.2, 0.25) is 0 Å². The highest BCUT2D eigenvalue weighted by atomic mass is 16.5. The molecule has 3 unspecified atom stereocenters. The Kier molecular flexibility index (Phi) is 7.29. The van der Waals surface area contributed by atoms with Gasteiger partial charge in [0.05, 0.1) is 25.7 Å². The summed E-state index contributed by atoms with van der Waals surface area (Å²) in [4.78, 5) is 34.5. The third-order valence-electron chi connectivity index (χ3n) is 7.60. The van der Waals surface area contributed by atoms with E-state index >= 15 is 0 Å². The quantitative estimate of drug-likeness (QED) is 0.627. The van der Waals surface area contributed by atoms with E-state index < -0.39 is 0 Å². The summed E-state index contributed by atoms with van der Waals surface area (Å²) in [6.07, 6.45) is 3.29. The van der Waals surface area contributed by atoms with Crippen LogP contribution in [-0.2, 0) is 9.53 Å². The molecule has 3 aliphatic rings. The SMILES string of the molecule is COc1ncccc1C(=O)N1CC2CN(CCC(NC(=O)C3CCOC3)c3ccccc3)C[C@H]2C1. The zero-order chi connectivity index (χ0) is 24.2. The monoisotopic (exact) mass is 478 g/mol. The van der Waals surface area contributed by atoms with Gasteiger partial charge in [-0.05, 0) is 42.4 Å². The minimum Gasteiger partial charge on any atom is -0.480 e. The Labute approximate surface area is 206 Å². The Bertz CT molecular complexity index is 1010. The summed E-state index contributed by atoms with van der Waals surface area (Å²) >= 11 is 0. The molecule has 1 aromatic carbocycles. The number of nitrogens with one attached hydrogen (secondary N) is 1. The van der Waals surface area contributed by atoms with Gasteiger partial charge in [-0.1, -0.05) is 30.3 Å². The highest BCUT2D eigenvalue weighted by Gasteiger charge is 2.42. The van der Waals surface area contributed by atoms with E-state index in [1.807, 2.05) is 23.1 Å². The predicted molar refractivity (Wildman–Crippen MR) is 131 cm³/mol. The molecule has 186 valence electrons. The second-order valence-corrected chi connectivity index (χ2v) is 9.87. The number of nitrogens with zero attached hydrogens (tertiary/aromatic N) is 3. The van der Waals surface area contributed by atoms with Crippen LogP contribution in [0.3, 0.4) is 0 Å². The van der Waals surface area contributed by atoms with Gasteiger partial charge >= 0.3 is 0 Å². The third-order valence-corrected chi connectivity index (χ3v) is 7.60. The Morgan fingerprint density at radius 3 is 2.57 bits per heavy atom. The topological polar surface area (TPSA) is 84.0 Å². The van der Waals surface area contributed by atoms with Crippen molar-refractivity contribution in [1.29, 1.82) is 0 Å². The van der Waals surface area contributed by atoms with Crippen LogP contribution < -0.4 is 10.1 Å². The Morgan fingerprint density at radius 2 is 1.89 bits per heavy atom. The van der Waals surface area contributed by atoms with Gasteiger partial charge in [0.25, 0.3) is 5.91 Å². The summed E-state index contributed by atoms with van der Waals surface area (Å²) in [5, 5.41) is 3.28. The van der Waals surface area contributed by atoms with Crippen LogP contribution in [-0.4, -0.2) is 79.6 Å². The summed E-state index contributed by atoms with van der Waals surface area (Å²) in [5.41, 5.74) is 1.67. The molecular weight excluding hydrogens is 444 g/mol. The summed E-state index contributed by atoms with van der Waals surface area (Å²) in [6.45, 7) is 5.57. The summed E-state index contributed by atoms with van der Waals surface area (Å²) < 4.78 is 10.7. The molecule has 0 saturated carbocycles. The number of hydrogen-bond acceptors (Lipinski definition) is 6. The first-order chi connectivity index (χ1) is 17.1. The molecule has 2 amide bonds. The maximum Gasteiger partial charge on any atom is 0.259 e. The molecule has 8 heteroatoms. The van der Waals surface area contributed by atoms with E-state index in [9.17, 15) is 9.59 Å². The van der Waals surface area contributed by atoms with E-state index in [0.717, 1.165) is 51.1 Å². The zero-order valence-electron chi connectivity index (χ0n) is 20.3. The first kappa shape index (κ1) is 23.8. The van der Waals surface area contributed by atoms with Gasteiger partial charge < -0.3 is 24.6 Å². The number of fused-ring (bicyclic) bond motifs is 1. The average Bonchev–Trinajstić information content (AvgIpc) is 3.64. The van der Waals surface area contributed by atoms with Gasteiger partial charge in [-0.2, -0.15) is 0 Å². The summed E-state index contributed by atoms with van der Waals surface area (Å²) in [6, 6.07) is 13.8. The minimum atomic E-state index is -0.0469. The largest absolute Gasteiger partial charge is 0.480 e. The van der Waals surface area contributed by atoms with Crippen LogP contribution >= 0.6 is 0 Å². The lowest BCUT2D eigenvalue weighted by molar-refractivity contribution is -0.125. The van der Waals surface area contributed by atoms with Crippen molar-refractivity contribution in [3.63, 3.8) is 0 Å². The first-order valence-corrected chi connectivity index (χ1v) is 12.6. The van der Waals surface area contributed by atoms with Crippen molar-refractivity contribution in [3.8, 4) is 5.88 Å². The molecule has 0 bridgehead atoms. The molecule has 35 heavy (non-hydrogen) atoms. The normalized spacial score (nSPS) is 24.8. The summed E-state index contributed by atoms with van der Waals surface area (Å²) in [5.74, 6) is 1.38. The minimum absolute atomic E-state index is 0.00125. The highest BCUT2D eigenvalue weighted by molar-refractivity contribution is 5.96. The standard InChI is InChI=1S/C27H34N4O4/c1-34-26-23(8-5-11-28-26)27(33)31-16-21-14-30(15-22(21)17-31)12-9-24(19-6-3-2-4-7-19)29-25(32)20-10-13-35-18-20/h2-8,11,20-22,24H,9-10,12-18H2,1H3,(H,29,32)/t20?,21-,22?,24?/m0/s1. The maximum absolute atomic E-state index is 13.1. The van der Waals surface area contributed by atoms with Crippen LogP contribution in [0.5, 0.6) is 5.88 Å². The molecule has 3 fully saturated rings. The molecule has 8 nitrogen and oxygen atoms in total. The van der Waals surface area contributed by atoms with E-state index in [4.69, 9.17) is 9.47 Å². The van der Waals surface area contributed by atoms with Gasteiger partial charge in [-0.15, -0.1) is 0 Å². The van der Waals surface area contributed by atoms with Gasteiger partial charge in [-0.3, -0.25) is 9.59 Å². The number of likely N-dealkylation sites (tertiary alicyclic amines) is 2. The molecule has 1 N–H and O–H groups in total. The van der Waals surface area contributed by atoms with E-state index in [0.29, 0.717) is 36.5 Å². The van der Waals surface area contributed by atoms with Gasteiger partial charge in [-0.25, -0.2) is 4.98 Å². The van der Waals surface area contributed by atoms with Crippen molar-refractivity contribution < 1.29 is 19.1 Å². The Balaban J connectivity index is 1.16. The van der Waals surface area contributed by atoms with Gasteiger partial charge in [0.15, 0.2) is 0 Å². The number of carbonyl (C=O) groups is 2. The number of ether oxygens (including phenoxy) is 2. The molecule has 4 heterocycles. The van der Waals surface area contributed by atoms with Gasteiger partial charge in [0.2, 0.25) is 11.8 Å². The number of carbonyl (C=O) groups excluding carboxylic acids is 2. The fourth-order valence-electron chi connectivity index (χ4n) is 5.68. The second-order valence-electron chi connectivity index (χ2n) is 9.87. The van der Waals surface area contributed by atoms with Crippen molar-refractivity contribution >= 4 is 11.8 Å². The molecule has 3 saturated heterocycles. The smallest absolute Gasteiger partial charge is 0.259 e. The Hall–Kier alpha value is -2.97. The predicted octanol–water partition coefficient (Wildman–Crippen LogP) is 2.38. The lowest BCUT2D eigenvalue weighted by Crippen LogP contribution is -2.37. The maximum atomic E-state index is 13.1. The highest BCUT2D eigenvalue weighted by Crippen LogP contribution is 2.33. The van der Waals surface area contributed by atoms with Crippen LogP contribution in [0.25, 0.3) is 0 Å². The lowest BCUT2D eigenvalue weighted by atomic mass is 10.0. The van der Waals surface area contributed by atoms with Crippen LogP contribution in [0.1, 0.15) is 34.8 Å². The van der Waals surface area contributed by atoms with Crippen molar-refractivity contribution in [1.82, 2.24) is 20.1 Å². The van der Waals surface area contributed by atoms with Crippen molar-refractivity contribution in [2.45, 2.75) is 18.9 Å². The lowest BCUT2D eigenvalue weighted by Gasteiger charge is -2.25. The Morgan fingerprint density at radius 1 is 1.11 bits per heavy atom. The average molecular weight is 479 g/mol. The van der Waals surface area contributed by atoms with Crippen LogP contribution in [0.15, 0.2) is 48.7 Å². The number of hydrogen-bond donors (Lipinski definition) is 1. The molecule has 0 spiro atoms. The molecule has 4 atom stereocenters. The van der Waals surface area contributed by atoms with E-state index in [-0.39, 0.29) is 23.8 Å². The first-order valence-electron chi connectivity index (χ1n) is 12.6. The van der Waals surface area contributed by atoms with Crippen molar-refractivity contribution in [2.75, 3.05) is 53.0 Å². The number of benzene rings is 1. The molecule has 5 rings (SSSR count). The van der Waals surface area contributed by atoms with E-state index in [2.05, 4.69) is 27.3 Å². The van der Waals surface area contributed by atoms with E-state index in [1.54, 1.807) is 25.4 Å². The van der Waals surface area contributed by atoms with Gasteiger partial charge in [0, 0.05) is 45.5 Å². The molecular formula is C27H34N4O4. The fourth-order valence-corrected chi connectivity index (χ4v) is 5.68. The summed E-state index contributed by atoms with van der Waals surface area (Å²) in [7, 11) is 1.54. The molecule has 1 aromatic heterocycles. The third kappa shape index (κ3) is 5.33. The molecule has 0 radical (unpaired) electrons. The van der Waals surface area contributed by atoms with Crippen molar-refractivity contribution in [3.05, 3.63) is 59.8 Å². The number of rotatable bonds is 8.